The summed E-state index contributed by atoms with van der Waals surface area (Å²) in [5.41, 5.74) is 4.57. The lowest BCUT2D eigenvalue weighted by Crippen LogP contribution is -2.52. The van der Waals surface area contributed by atoms with E-state index in [1.807, 2.05) is 18.2 Å². The Kier molecular flexibility index (Phi) is 6.90. The number of fused-ring (bicyclic) bond motifs is 2. The number of hydrogen-bond donors (Lipinski definition) is 1. The van der Waals surface area contributed by atoms with Gasteiger partial charge in [0.25, 0.3) is 5.91 Å². The van der Waals surface area contributed by atoms with E-state index in [9.17, 15) is 14.4 Å². The van der Waals surface area contributed by atoms with Crippen LogP contribution in [0.5, 0.6) is 5.75 Å². The highest BCUT2D eigenvalue weighted by molar-refractivity contribution is 6.05. The van der Waals surface area contributed by atoms with Gasteiger partial charge in [-0.05, 0) is 60.4 Å². The van der Waals surface area contributed by atoms with Crippen molar-refractivity contribution in [2.45, 2.75) is 57.2 Å². The number of pyridine rings is 1. The van der Waals surface area contributed by atoms with Crippen LogP contribution in [0.15, 0.2) is 48.5 Å². The minimum Gasteiger partial charge on any atom is -0.489 e. The molecule has 41 heavy (non-hydrogen) atoms. The van der Waals surface area contributed by atoms with Crippen LogP contribution in [0, 0.1) is 0 Å². The fraction of sp³-hybridized carbons (Fsp3) is 0.419. The van der Waals surface area contributed by atoms with Crippen LogP contribution in [-0.2, 0) is 38.8 Å². The van der Waals surface area contributed by atoms with Gasteiger partial charge in [-0.25, -0.2) is 0 Å². The molecule has 3 fully saturated rings. The topological polar surface area (TPSA) is 110 Å². The van der Waals surface area contributed by atoms with Crippen molar-refractivity contribution in [2.24, 2.45) is 0 Å². The molecular formula is C31H32N4O6. The van der Waals surface area contributed by atoms with Crippen LogP contribution in [-0.4, -0.2) is 77.1 Å². The first kappa shape index (κ1) is 26.1. The van der Waals surface area contributed by atoms with Crippen molar-refractivity contribution in [1.29, 1.82) is 0 Å². The standard InChI is InChI=1S/C31H32N4O6/c36-29-8-7-28(30(37)33-29)35-14-21-12-23(4-5-26(21)31(35)38)41-24-9-10-34(15-24)13-19-1-6-27-20(11-19)2-3-22(32-27)16-40-25-17-39-18-25/h1-6,11-12,24-25,28H,7-10,13-18H2,(H,33,36,37). The molecule has 0 radical (unpaired) electrons. The molecule has 5 heterocycles. The molecule has 2 atom stereocenters. The van der Waals surface area contributed by atoms with Gasteiger partial charge in [0.1, 0.15) is 24.0 Å². The van der Waals surface area contributed by atoms with Gasteiger partial charge in [-0.1, -0.05) is 12.1 Å². The Labute approximate surface area is 237 Å². The molecule has 1 N–H and O–H groups in total. The summed E-state index contributed by atoms with van der Waals surface area (Å²) in [6.45, 7) is 4.76. The predicted octanol–water partition coefficient (Wildman–Crippen LogP) is 2.56. The van der Waals surface area contributed by atoms with Crippen molar-refractivity contribution in [3.05, 3.63) is 70.9 Å². The molecule has 3 amide bonds. The van der Waals surface area contributed by atoms with Gasteiger partial charge in [0.15, 0.2) is 0 Å². The molecule has 4 aliphatic rings. The van der Waals surface area contributed by atoms with E-state index in [2.05, 4.69) is 34.5 Å². The number of carbonyl (C=O) groups excluding carboxylic acids is 3. The summed E-state index contributed by atoms with van der Waals surface area (Å²) in [4.78, 5) is 45.5. The summed E-state index contributed by atoms with van der Waals surface area (Å²) in [5, 5.41) is 3.46. The molecular weight excluding hydrogens is 524 g/mol. The zero-order valence-electron chi connectivity index (χ0n) is 22.7. The molecule has 0 spiro atoms. The van der Waals surface area contributed by atoms with E-state index in [-0.39, 0.29) is 30.4 Å². The van der Waals surface area contributed by atoms with Gasteiger partial charge in [0.05, 0.1) is 31.0 Å². The number of benzene rings is 2. The van der Waals surface area contributed by atoms with Crippen molar-refractivity contribution in [1.82, 2.24) is 20.1 Å². The summed E-state index contributed by atoms with van der Waals surface area (Å²) < 4.78 is 17.3. The number of ether oxygens (including phenoxy) is 3. The number of amides is 3. The molecule has 2 aromatic carbocycles. The number of nitrogens with one attached hydrogen (secondary N) is 1. The second-order valence-corrected chi connectivity index (χ2v) is 11.3. The molecule has 3 saturated heterocycles. The molecule has 4 aliphatic heterocycles. The van der Waals surface area contributed by atoms with Crippen LogP contribution < -0.4 is 10.1 Å². The Hall–Kier alpha value is -3.86. The second-order valence-electron chi connectivity index (χ2n) is 11.3. The van der Waals surface area contributed by atoms with E-state index in [1.165, 1.54) is 5.56 Å². The Balaban J connectivity index is 0.941. The van der Waals surface area contributed by atoms with Crippen molar-refractivity contribution in [3.8, 4) is 5.75 Å². The molecule has 1 aromatic heterocycles. The maximum atomic E-state index is 13.0. The smallest absolute Gasteiger partial charge is 0.255 e. The summed E-state index contributed by atoms with van der Waals surface area (Å²) in [6.07, 6.45) is 1.76. The van der Waals surface area contributed by atoms with Gasteiger partial charge in [0.2, 0.25) is 11.8 Å². The van der Waals surface area contributed by atoms with Crippen LogP contribution in [0.25, 0.3) is 10.9 Å². The zero-order valence-corrected chi connectivity index (χ0v) is 22.7. The molecule has 10 nitrogen and oxygen atoms in total. The lowest BCUT2D eigenvalue weighted by molar-refractivity contribution is -0.136. The van der Waals surface area contributed by atoms with Crippen molar-refractivity contribution in [3.63, 3.8) is 0 Å². The monoisotopic (exact) mass is 556 g/mol. The van der Waals surface area contributed by atoms with Gasteiger partial charge in [0, 0.05) is 43.5 Å². The summed E-state index contributed by atoms with van der Waals surface area (Å²) in [6, 6.07) is 15.5. The molecule has 0 aliphatic carbocycles. The van der Waals surface area contributed by atoms with Gasteiger partial charge in [-0.2, -0.15) is 0 Å². The van der Waals surface area contributed by atoms with E-state index >= 15 is 0 Å². The van der Waals surface area contributed by atoms with Crippen LogP contribution in [0.4, 0.5) is 0 Å². The number of piperidine rings is 1. The number of imide groups is 1. The maximum Gasteiger partial charge on any atom is 0.255 e. The molecule has 0 saturated carbocycles. The first-order valence-electron chi connectivity index (χ1n) is 14.2. The number of nitrogens with zero attached hydrogens (tertiary/aromatic N) is 3. The van der Waals surface area contributed by atoms with E-state index < -0.39 is 11.9 Å². The van der Waals surface area contributed by atoms with E-state index in [1.54, 1.807) is 11.0 Å². The lowest BCUT2D eigenvalue weighted by Gasteiger charge is -2.29. The average molecular weight is 557 g/mol. The van der Waals surface area contributed by atoms with Crippen LogP contribution in [0.2, 0.25) is 0 Å². The Morgan fingerprint density at radius 2 is 1.90 bits per heavy atom. The van der Waals surface area contributed by atoms with Gasteiger partial charge < -0.3 is 19.1 Å². The van der Waals surface area contributed by atoms with Gasteiger partial charge in [-0.15, -0.1) is 0 Å². The van der Waals surface area contributed by atoms with Crippen molar-refractivity contribution < 1.29 is 28.6 Å². The second kappa shape index (κ2) is 10.8. The first-order chi connectivity index (χ1) is 20.0. The number of rotatable bonds is 8. The highest BCUT2D eigenvalue weighted by atomic mass is 16.6. The van der Waals surface area contributed by atoms with Crippen LogP contribution >= 0.6 is 0 Å². The van der Waals surface area contributed by atoms with Crippen molar-refractivity contribution >= 4 is 28.6 Å². The minimum absolute atomic E-state index is 0.0575. The molecule has 2 unspecified atom stereocenters. The summed E-state index contributed by atoms with van der Waals surface area (Å²) in [5.74, 6) is -0.131. The normalized spacial score (nSPS) is 23.1. The van der Waals surface area contributed by atoms with E-state index in [4.69, 9.17) is 19.2 Å². The molecule has 3 aromatic rings. The Morgan fingerprint density at radius 1 is 1.00 bits per heavy atom. The predicted molar refractivity (Wildman–Crippen MR) is 148 cm³/mol. The highest BCUT2D eigenvalue weighted by Crippen LogP contribution is 2.31. The van der Waals surface area contributed by atoms with Crippen LogP contribution in [0.3, 0.4) is 0 Å². The summed E-state index contributed by atoms with van der Waals surface area (Å²) >= 11 is 0. The quantitative estimate of drug-likeness (QED) is 0.422. The largest absolute Gasteiger partial charge is 0.489 e. The van der Waals surface area contributed by atoms with Crippen LogP contribution in [0.1, 0.15) is 46.4 Å². The average Bonchev–Trinajstić information content (AvgIpc) is 3.51. The number of hydrogen-bond acceptors (Lipinski definition) is 8. The fourth-order valence-electron chi connectivity index (χ4n) is 6.02. The molecule has 212 valence electrons. The Bertz CT molecular complexity index is 1520. The molecule has 7 rings (SSSR count). The first-order valence-corrected chi connectivity index (χ1v) is 14.2. The van der Waals surface area contributed by atoms with Crippen molar-refractivity contribution in [2.75, 3.05) is 26.3 Å². The summed E-state index contributed by atoms with van der Waals surface area (Å²) in [7, 11) is 0. The number of aromatic nitrogens is 1. The van der Waals surface area contributed by atoms with E-state index in [0.717, 1.165) is 54.0 Å². The highest BCUT2D eigenvalue weighted by Gasteiger charge is 2.39. The third-order valence-electron chi connectivity index (χ3n) is 8.32. The minimum atomic E-state index is -0.616. The zero-order chi connectivity index (χ0) is 27.9. The number of carbonyl (C=O) groups is 3. The number of likely N-dealkylation sites (tertiary alicyclic amines) is 1. The maximum absolute atomic E-state index is 13.0. The fourth-order valence-corrected chi connectivity index (χ4v) is 6.02. The van der Waals surface area contributed by atoms with E-state index in [0.29, 0.717) is 38.3 Å². The third kappa shape index (κ3) is 5.42. The SMILES string of the molecule is O=C1CCC(N2Cc3cc(OC4CCN(Cc5ccc6nc(COC7COC7)ccc6c5)C4)ccc3C2=O)C(=O)N1. The molecule has 10 heteroatoms. The van der Waals surface area contributed by atoms with Gasteiger partial charge in [-0.3, -0.25) is 29.6 Å². The van der Waals surface area contributed by atoms with Gasteiger partial charge >= 0.3 is 0 Å². The lowest BCUT2D eigenvalue weighted by atomic mass is 10.0. The Morgan fingerprint density at radius 3 is 2.73 bits per heavy atom. The molecule has 0 bridgehead atoms. The third-order valence-corrected chi connectivity index (χ3v) is 8.32.